The molecule has 0 saturated carbocycles. The van der Waals surface area contributed by atoms with Crippen LogP contribution in [-0.2, 0) is 19.2 Å². The van der Waals surface area contributed by atoms with Crippen LogP contribution in [0.5, 0.6) is 0 Å². The molecule has 2 aliphatic rings. The van der Waals surface area contributed by atoms with Crippen molar-refractivity contribution in [3.8, 4) is 11.4 Å². The predicted molar refractivity (Wildman–Crippen MR) is 133 cm³/mol. The van der Waals surface area contributed by atoms with E-state index in [2.05, 4.69) is 15.0 Å². The van der Waals surface area contributed by atoms with Gasteiger partial charge >= 0.3 is 6.18 Å². The average Bonchev–Trinajstić information content (AvgIpc) is 3.40. The van der Waals surface area contributed by atoms with E-state index in [9.17, 15) is 22.7 Å². The number of hydrogen-bond donors (Lipinski definition) is 2. The first-order valence-electron chi connectivity index (χ1n) is 12.1. The fourth-order valence-corrected chi connectivity index (χ4v) is 6.24. The number of rotatable bonds is 3. The number of imidazole rings is 1. The number of anilines is 1. The Hall–Kier alpha value is -3.28. The van der Waals surface area contributed by atoms with Crippen molar-refractivity contribution in [2.24, 2.45) is 11.1 Å². The molecular formula is C26H23ClF4N6O. The van der Waals surface area contributed by atoms with Crippen LogP contribution in [0.3, 0.4) is 0 Å². The molecule has 1 aliphatic heterocycles. The van der Waals surface area contributed by atoms with Crippen molar-refractivity contribution >= 4 is 22.9 Å². The van der Waals surface area contributed by atoms with E-state index in [0.717, 1.165) is 11.8 Å². The average molecular weight is 547 g/mol. The number of fused-ring (bicyclic) bond motifs is 2. The summed E-state index contributed by atoms with van der Waals surface area (Å²) in [7, 11) is 0. The van der Waals surface area contributed by atoms with E-state index in [1.165, 1.54) is 18.3 Å². The first-order chi connectivity index (χ1) is 18.1. The molecule has 6 rings (SSSR count). The van der Waals surface area contributed by atoms with E-state index in [-0.39, 0.29) is 34.4 Å². The second-order valence-corrected chi connectivity index (χ2v) is 10.2. The van der Waals surface area contributed by atoms with Crippen molar-refractivity contribution in [2.75, 3.05) is 18.0 Å². The lowest BCUT2D eigenvalue weighted by Crippen LogP contribution is -2.44. The number of pyridine rings is 1. The molecule has 0 bridgehead atoms. The maximum atomic E-state index is 14.5. The molecule has 0 radical (unpaired) electrons. The molecule has 198 valence electrons. The first-order valence-corrected chi connectivity index (χ1v) is 12.5. The molecular weight excluding hydrogens is 524 g/mol. The lowest BCUT2D eigenvalue weighted by atomic mass is 9.73. The Labute approximate surface area is 219 Å². The van der Waals surface area contributed by atoms with Gasteiger partial charge in [-0.05, 0) is 47.9 Å². The predicted octanol–water partition coefficient (Wildman–Crippen LogP) is 4.94. The number of alkyl halides is 3. The third-order valence-corrected chi connectivity index (χ3v) is 8.28. The Morgan fingerprint density at radius 3 is 2.58 bits per heavy atom. The Morgan fingerprint density at radius 1 is 1.13 bits per heavy atom. The van der Waals surface area contributed by atoms with Gasteiger partial charge in [0.05, 0.1) is 17.3 Å². The monoisotopic (exact) mass is 546 g/mol. The fourth-order valence-electron chi connectivity index (χ4n) is 5.94. The van der Waals surface area contributed by atoms with Crippen molar-refractivity contribution in [1.29, 1.82) is 0 Å². The number of nitrogens with two attached hydrogens (primary N) is 1. The van der Waals surface area contributed by atoms with Gasteiger partial charge in [-0.25, -0.2) is 14.4 Å². The van der Waals surface area contributed by atoms with E-state index in [1.54, 1.807) is 16.7 Å². The van der Waals surface area contributed by atoms with E-state index in [0.29, 0.717) is 49.2 Å². The van der Waals surface area contributed by atoms with Crippen molar-refractivity contribution in [3.05, 3.63) is 76.2 Å². The smallest absolute Gasteiger partial charge is 0.390 e. The van der Waals surface area contributed by atoms with Gasteiger partial charge < -0.3 is 15.7 Å². The summed E-state index contributed by atoms with van der Waals surface area (Å²) < 4.78 is 56.4. The Balaban J connectivity index is 1.36. The summed E-state index contributed by atoms with van der Waals surface area (Å²) in [6, 6.07) is 6.13. The zero-order valence-electron chi connectivity index (χ0n) is 20.0. The van der Waals surface area contributed by atoms with Gasteiger partial charge in [0.15, 0.2) is 11.5 Å². The zero-order chi connectivity index (χ0) is 26.8. The number of halogens is 5. The van der Waals surface area contributed by atoms with Crippen LogP contribution in [0.4, 0.5) is 23.4 Å². The first kappa shape index (κ1) is 25.0. The SMILES string of the molecule is NC1c2cccc(F)c2CC12CCN(c1nccn3c(-c4ccnc(C(F)(F)F)c4Cl)nc(CO)c13)CC2. The maximum Gasteiger partial charge on any atom is 0.434 e. The number of aromatic nitrogens is 4. The second-order valence-electron chi connectivity index (χ2n) is 9.84. The summed E-state index contributed by atoms with van der Waals surface area (Å²) in [4.78, 5) is 14.4. The lowest BCUT2D eigenvalue weighted by Gasteiger charge is -2.42. The van der Waals surface area contributed by atoms with Gasteiger partial charge in [-0.2, -0.15) is 13.2 Å². The molecule has 3 N–H and O–H groups in total. The second kappa shape index (κ2) is 8.89. The minimum atomic E-state index is -4.74. The third kappa shape index (κ3) is 3.75. The molecule has 1 saturated heterocycles. The van der Waals surface area contributed by atoms with Gasteiger partial charge in [0.25, 0.3) is 0 Å². The van der Waals surface area contributed by atoms with Crippen LogP contribution >= 0.6 is 11.6 Å². The highest BCUT2D eigenvalue weighted by Crippen LogP contribution is 2.52. The van der Waals surface area contributed by atoms with Crippen molar-refractivity contribution < 1.29 is 22.7 Å². The summed E-state index contributed by atoms with van der Waals surface area (Å²) in [6.07, 6.45) is 1.37. The van der Waals surface area contributed by atoms with E-state index < -0.39 is 23.5 Å². The minimum absolute atomic E-state index is 0.0372. The molecule has 38 heavy (non-hydrogen) atoms. The van der Waals surface area contributed by atoms with E-state index in [4.69, 9.17) is 17.3 Å². The van der Waals surface area contributed by atoms with E-state index >= 15 is 0 Å². The summed E-state index contributed by atoms with van der Waals surface area (Å²) in [6.45, 7) is 0.708. The number of aliphatic hydroxyl groups excluding tert-OH is 1. The Bertz CT molecular complexity index is 1550. The molecule has 4 aromatic rings. The zero-order valence-corrected chi connectivity index (χ0v) is 20.8. The molecule has 1 aliphatic carbocycles. The Kier molecular flexibility index (Phi) is 5.85. The van der Waals surface area contributed by atoms with Crippen LogP contribution in [0.2, 0.25) is 5.02 Å². The molecule has 1 aromatic carbocycles. The van der Waals surface area contributed by atoms with Crippen molar-refractivity contribution in [3.63, 3.8) is 0 Å². The van der Waals surface area contributed by atoms with Gasteiger partial charge in [-0.3, -0.25) is 9.38 Å². The number of piperidine rings is 1. The molecule has 3 aromatic heterocycles. The van der Waals surface area contributed by atoms with Crippen molar-refractivity contribution in [2.45, 2.75) is 38.1 Å². The highest BCUT2D eigenvalue weighted by Gasteiger charge is 2.47. The molecule has 0 amide bonds. The number of hydrogen-bond acceptors (Lipinski definition) is 6. The van der Waals surface area contributed by atoms with Crippen LogP contribution in [0, 0.1) is 11.2 Å². The highest BCUT2D eigenvalue weighted by molar-refractivity contribution is 6.33. The number of benzene rings is 1. The topological polar surface area (TPSA) is 92.6 Å². The number of aliphatic hydroxyl groups is 1. The van der Waals surface area contributed by atoms with Crippen LogP contribution in [-0.4, -0.2) is 37.5 Å². The largest absolute Gasteiger partial charge is 0.434 e. The molecule has 1 unspecified atom stereocenters. The lowest BCUT2D eigenvalue weighted by molar-refractivity contribution is -0.141. The normalized spacial score (nSPS) is 18.9. The highest BCUT2D eigenvalue weighted by atomic mass is 35.5. The van der Waals surface area contributed by atoms with Crippen LogP contribution < -0.4 is 10.6 Å². The minimum Gasteiger partial charge on any atom is -0.390 e. The van der Waals surface area contributed by atoms with Gasteiger partial charge in [-0.1, -0.05) is 23.7 Å². The van der Waals surface area contributed by atoms with Gasteiger partial charge in [0.1, 0.15) is 17.2 Å². The molecule has 1 fully saturated rings. The molecule has 1 atom stereocenters. The molecule has 1 spiro atoms. The van der Waals surface area contributed by atoms with Crippen LogP contribution in [0.25, 0.3) is 16.9 Å². The molecule has 12 heteroatoms. The van der Waals surface area contributed by atoms with Gasteiger partial charge in [-0.15, -0.1) is 0 Å². The summed E-state index contributed by atoms with van der Waals surface area (Å²) in [5.74, 6) is 0.455. The summed E-state index contributed by atoms with van der Waals surface area (Å²) >= 11 is 6.14. The quantitative estimate of drug-likeness (QED) is 0.354. The van der Waals surface area contributed by atoms with Crippen LogP contribution in [0.15, 0.2) is 42.9 Å². The number of nitrogens with zero attached hydrogens (tertiary/aromatic N) is 5. The molecule has 4 heterocycles. The summed E-state index contributed by atoms with van der Waals surface area (Å²) in [5.41, 5.74) is 7.47. The van der Waals surface area contributed by atoms with E-state index in [1.807, 2.05) is 11.0 Å². The maximum absolute atomic E-state index is 14.5. The summed E-state index contributed by atoms with van der Waals surface area (Å²) in [5, 5.41) is 9.53. The van der Waals surface area contributed by atoms with Crippen LogP contribution in [0.1, 0.15) is 41.4 Å². The molecule has 7 nitrogen and oxygen atoms in total. The Morgan fingerprint density at radius 2 is 1.89 bits per heavy atom. The van der Waals surface area contributed by atoms with Gasteiger partial charge in [0, 0.05) is 43.3 Å². The van der Waals surface area contributed by atoms with Gasteiger partial charge in [0.2, 0.25) is 0 Å². The third-order valence-electron chi connectivity index (χ3n) is 7.89. The standard InChI is InChI=1S/C26H23ClF4N6O/c27-19-15(4-7-33-22(19)26(29,30)31)23-35-18(13-38)20-24(34-8-11-37(20)23)36-9-5-25(6-10-36)12-16-14(21(25)32)2-1-3-17(16)28/h1-4,7-8,11,21,38H,5-6,9-10,12-13,32H2. The van der Waals surface area contributed by atoms with Crippen molar-refractivity contribution in [1.82, 2.24) is 19.4 Å². The fraction of sp³-hybridized carbons (Fsp3) is 0.346.